The fourth-order valence-electron chi connectivity index (χ4n) is 2.36. The van der Waals surface area contributed by atoms with E-state index in [9.17, 15) is 4.79 Å². The smallest absolute Gasteiger partial charge is 0.466 e. The number of carbonyl (C=O) groups excluding carboxylic acids is 1. The van der Waals surface area contributed by atoms with E-state index >= 15 is 0 Å². The van der Waals surface area contributed by atoms with Crippen LogP contribution in [0.1, 0.15) is 45.5 Å². The molecule has 2 rings (SSSR count). The van der Waals surface area contributed by atoms with Crippen molar-refractivity contribution in [2.24, 2.45) is 0 Å². The van der Waals surface area contributed by atoms with Gasteiger partial charge in [0.25, 0.3) is 0 Å². The summed E-state index contributed by atoms with van der Waals surface area (Å²) in [5, 5.41) is 0. The Kier molecular flexibility index (Phi) is 4.99. The predicted octanol–water partition coefficient (Wildman–Crippen LogP) is 3.12. The monoisotopic (exact) mass is 369 g/mol. The summed E-state index contributed by atoms with van der Waals surface area (Å²) in [6, 6.07) is 1.86. The van der Waals surface area contributed by atoms with Crippen LogP contribution in [0.3, 0.4) is 0 Å². The van der Waals surface area contributed by atoms with Crippen LogP contribution in [-0.4, -0.2) is 36.4 Å². The lowest BCUT2D eigenvalue weighted by Gasteiger charge is -2.32. The topological polar surface area (TPSA) is 57.7 Å². The zero-order valence-electron chi connectivity index (χ0n) is 13.6. The third-order valence-corrected chi connectivity index (χ3v) is 5.08. The molecule has 0 bridgehead atoms. The van der Waals surface area contributed by atoms with Crippen LogP contribution in [0, 0.1) is 0 Å². The highest BCUT2D eigenvalue weighted by Gasteiger charge is 2.54. The minimum absolute atomic E-state index is 0.177. The van der Waals surface area contributed by atoms with E-state index in [1.165, 1.54) is 7.11 Å². The van der Waals surface area contributed by atoms with Crippen LogP contribution in [0.4, 0.5) is 0 Å². The van der Waals surface area contributed by atoms with Crippen molar-refractivity contribution in [1.82, 2.24) is 4.98 Å². The minimum Gasteiger partial charge on any atom is -0.469 e. The summed E-state index contributed by atoms with van der Waals surface area (Å²) >= 11 is 3.49. The molecule has 7 heteroatoms. The van der Waals surface area contributed by atoms with Crippen molar-refractivity contribution in [1.29, 1.82) is 0 Å². The number of pyridine rings is 1. The Morgan fingerprint density at radius 2 is 1.95 bits per heavy atom. The zero-order valence-corrected chi connectivity index (χ0v) is 15.1. The van der Waals surface area contributed by atoms with Gasteiger partial charge >= 0.3 is 13.1 Å². The van der Waals surface area contributed by atoms with Crippen molar-refractivity contribution in [3.8, 4) is 0 Å². The third kappa shape index (κ3) is 3.36. The molecule has 0 N–H and O–H groups in total. The maximum atomic E-state index is 11.8. The number of hydrogen-bond donors (Lipinski definition) is 0. The van der Waals surface area contributed by atoms with E-state index in [4.69, 9.17) is 14.0 Å². The summed E-state index contributed by atoms with van der Waals surface area (Å²) in [6.07, 6.45) is 3.57. The fraction of sp³-hybridized carbons (Fsp3) is 0.600. The Morgan fingerprint density at radius 1 is 1.36 bits per heavy atom. The highest BCUT2D eigenvalue weighted by Crippen LogP contribution is 2.42. The van der Waals surface area contributed by atoms with Crippen LogP contribution >= 0.6 is 15.9 Å². The van der Waals surface area contributed by atoms with E-state index in [-0.39, 0.29) is 18.2 Å². The number of halogens is 1. The van der Waals surface area contributed by atoms with Crippen molar-refractivity contribution < 1.29 is 18.8 Å². The van der Waals surface area contributed by atoms with Gasteiger partial charge in [0.15, 0.2) is 0 Å². The Hall–Kier alpha value is -0.915. The number of nitrogens with zero attached hydrogens (tertiary/aromatic N) is 1. The SMILES string of the molecule is COC(=O)CC(B1OC(C)(C)C(C)(C)O1)c1ccncc1Br. The standard InChI is InChI=1S/C15H21BBrNO4/c1-14(2)15(3,4)22-16(21-14)11(8-13(19)20-5)10-6-7-18-9-12(10)17/h6-7,9,11H,8H2,1-5H3. The Morgan fingerprint density at radius 3 is 2.45 bits per heavy atom. The first kappa shape index (κ1) is 17.4. The second kappa shape index (κ2) is 6.30. The summed E-state index contributed by atoms with van der Waals surface area (Å²) in [4.78, 5) is 15.9. The van der Waals surface area contributed by atoms with Gasteiger partial charge in [0.05, 0.1) is 24.7 Å². The number of hydrogen-bond acceptors (Lipinski definition) is 5. The molecule has 22 heavy (non-hydrogen) atoms. The average Bonchev–Trinajstić information content (AvgIpc) is 2.65. The van der Waals surface area contributed by atoms with Gasteiger partial charge in [-0.1, -0.05) is 0 Å². The maximum Gasteiger partial charge on any atom is 0.466 e. The summed E-state index contributed by atoms with van der Waals surface area (Å²) < 4.78 is 17.9. The van der Waals surface area contributed by atoms with Gasteiger partial charge in [0, 0.05) is 22.7 Å². The average molecular weight is 370 g/mol. The molecule has 1 aromatic rings. The van der Waals surface area contributed by atoms with E-state index < -0.39 is 18.3 Å². The molecule has 1 aliphatic rings. The first-order valence-electron chi connectivity index (χ1n) is 7.20. The summed E-state index contributed by atoms with van der Waals surface area (Å²) in [7, 11) is 0.855. The van der Waals surface area contributed by atoms with Crippen molar-refractivity contribution in [2.75, 3.05) is 7.11 Å². The van der Waals surface area contributed by atoms with Crippen molar-refractivity contribution in [3.05, 3.63) is 28.5 Å². The molecular weight excluding hydrogens is 349 g/mol. The van der Waals surface area contributed by atoms with Gasteiger partial charge in [0.1, 0.15) is 0 Å². The quantitative estimate of drug-likeness (QED) is 0.602. The number of methoxy groups -OCH3 is 1. The molecule has 0 aromatic carbocycles. The van der Waals surface area contributed by atoms with Crippen molar-refractivity contribution in [2.45, 2.75) is 51.1 Å². The van der Waals surface area contributed by atoms with Gasteiger partial charge in [-0.2, -0.15) is 0 Å². The zero-order chi connectivity index (χ0) is 16.5. The second-order valence-corrected chi connectivity index (χ2v) is 7.26. The van der Waals surface area contributed by atoms with Crippen LogP contribution in [-0.2, 0) is 18.8 Å². The largest absolute Gasteiger partial charge is 0.469 e. The summed E-state index contributed by atoms with van der Waals surface area (Å²) in [6.45, 7) is 7.96. The first-order valence-corrected chi connectivity index (χ1v) is 7.99. The molecule has 0 radical (unpaired) electrons. The first-order chi connectivity index (χ1) is 10.2. The summed E-state index contributed by atoms with van der Waals surface area (Å²) in [5.74, 6) is -0.575. The normalized spacial score (nSPS) is 20.7. The van der Waals surface area contributed by atoms with Gasteiger partial charge in [-0.15, -0.1) is 0 Å². The summed E-state index contributed by atoms with van der Waals surface area (Å²) in [5.41, 5.74) is 0.00998. The van der Waals surface area contributed by atoms with Gasteiger partial charge < -0.3 is 14.0 Å². The molecule has 1 atom stereocenters. The van der Waals surface area contributed by atoms with Gasteiger partial charge in [-0.05, 0) is 55.3 Å². The molecule has 1 aromatic heterocycles. The second-order valence-electron chi connectivity index (χ2n) is 6.41. The Balaban J connectivity index is 2.35. The third-order valence-electron chi connectivity index (χ3n) is 4.42. The van der Waals surface area contributed by atoms with E-state index in [1.807, 2.05) is 33.8 Å². The van der Waals surface area contributed by atoms with Crippen molar-refractivity contribution in [3.63, 3.8) is 0 Å². The van der Waals surface area contributed by atoms with Crippen LogP contribution in [0.15, 0.2) is 22.9 Å². The van der Waals surface area contributed by atoms with Gasteiger partial charge in [-0.3, -0.25) is 9.78 Å². The lowest BCUT2D eigenvalue weighted by molar-refractivity contribution is -0.140. The molecule has 0 saturated carbocycles. The lowest BCUT2D eigenvalue weighted by Crippen LogP contribution is -2.41. The molecule has 0 aliphatic carbocycles. The van der Waals surface area contributed by atoms with Gasteiger partial charge in [0.2, 0.25) is 0 Å². The number of esters is 1. The molecule has 120 valence electrons. The van der Waals surface area contributed by atoms with E-state index in [0.717, 1.165) is 10.0 Å². The maximum absolute atomic E-state index is 11.8. The molecule has 2 heterocycles. The molecule has 1 aliphatic heterocycles. The highest BCUT2D eigenvalue weighted by molar-refractivity contribution is 9.10. The van der Waals surface area contributed by atoms with Crippen LogP contribution in [0.2, 0.25) is 0 Å². The lowest BCUT2D eigenvalue weighted by atomic mass is 9.66. The molecule has 0 amide bonds. The fourth-order valence-corrected chi connectivity index (χ4v) is 2.90. The number of ether oxygens (including phenoxy) is 1. The number of carbonyl (C=O) groups is 1. The molecule has 1 fully saturated rings. The molecular formula is C15H21BBrNO4. The van der Waals surface area contributed by atoms with Gasteiger partial charge in [-0.25, -0.2) is 0 Å². The van der Waals surface area contributed by atoms with E-state index in [1.54, 1.807) is 12.4 Å². The van der Waals surface area contributed by atoms with Crippen LogP contribution in [0.5, 0.6) is 0 Å². The minimum atomic E-state index is -0.525. The predicted molar refractivity (Wildman–Crippen MR) is 87.4 cm³/mol. The number of rotatable bonds is 4. The highest BCUT2D eigenvalue weighted by atomic mass is 79.9. The number of aromatic nitrogens is 1. The van der Waals surface area contributed by atoms with Crippen LogP contribution < -0.4 is 0 Å². The van der Waals surface area contributed by atoms with Crippen LogP contribution in [0.25, 0.3) is 0 Å². The Bertz CT molecular complexity index is 548. The molecule has 0 spiro atoms. The van der Waals surface area contributed by atoms with Crippen molar-refractivity contribution >= 4 is 29.0 Å². The van der Waals surface area contributed by atoms with E-state index in [0.29, 0.717) is 0 Å². The Labute approximate surface area is 140 Å². The molecule has 1 unspecified atom stereocenters. The molecule has 1 saturated heterocycles. The van der Waals surface area contributed by atoms with E-state index in [2.05, 4.69) is 20.9 Å². The molecule has 5 nitrogen and oxygen atoms in total.